The molecule has 0 saturated carbocycles. The number of methoxy groups -OCH3 is 2. The summed E-state index contributed by atoms with van der Waals surface area (Å²) in [5.74, 6) is -1.04. The highest BCUT2D eigenvalue weighted by atomic mass is 19.4. The lowest BCUT2D eigenvalue weighted by Gasteiger charge is -2.33. The SMILES string of the molecule is COCCCOC(C)CC(=O)N1CCC(c2ccc(C(F)(F)F)c(C(=O)OC)c2)CC1. The van der Waals surface area contributed by atoms with Gasteiger partial charge in [0.1, 0.15) is 0 Å². The van der Waals surface area contributed by atoms with Crippen LogP contribution in [0.1, 0.15) is 60.0 Å². The van der Waals surface area contributed by atoms with E-state index < -0.39 is 23.3 Å². The summed E-state index contributed by atoms with van der Waals surface area (Å²) in [6.07, 6.45) is -2.56. The van der Waals surface area contributed by atoms with E-state index in [1.165, 1.54) is 12.1 Å². The van der Waals surface area contributed by atoms with Gasteiger partial charge >= 0.3 is 12.1 Å². The minimum absolute atomic E-state index is 0.000334. The van der Waals surface area contributed by atoms with Crippen molar-refractivity contribution in [3.05, 3.63) is 34.9 Å². The zero-order valence-electron chi connectivity index (χ0n) is 18.2. The Hall–Kier alpha value is -2.13. The zero-order chi connectivity index (χ0) is 23.0. The lowest BCUT2D eigenvalue weighted by molar-refractivity contribution is -0.138. The molecule has 31 heavy (non-hydrogen) atoms. The van der Waals surface area contributed by atoms with Crippen LogP contribution < -0.4 is 0 Å². The van der Waals surface area contributed by atoms with Gasteiger partial charge in [-0.15, -0.1) is 0 Å². The van der Waals surface area contributed by atoms with Gasteiger partial charge in [0.05, 0.1) is 30.8 Å². The number of rotatable bonds is 9. The van der Waals surface area contributed by atoms with Crippen LogP contribution in [0, 0.1) is 0 Å². The third-order valence-electron chi connectivity index (χ3n) is 5.43. The predicted octanol–water partition coefficient (Wildman–Crippen LogP) is 4.03. The van der Waals surface area contributed by atoms with E-state index in [-0.39, 0.29) is 24.3 Å². The van der Waals surface area contributed by atoms with Crippen LogP contribution in [0.3, 0.4) is 0 Å². The van der Waals surface area contributed by atoms with E-state index in [4.69, 9.17) is 9.47 Å². The van der Waals surface area contributed by atoms with Crippen LogP contribution in [0.4, 0.5) is 13.2 Å². The van der Waals surface area contributed by atoms with Crippen molar-refractivity contribution in [1.82, 2.24) is 4.90 Å². The number of nitrogens with zero attached hydrogens (tertiary/aromatic N) is 1. The number of ether oxygens (including phenoxy) is 3. The van der Waals surface area contributed by atoms with Crippen molar-refractivity contribution in [3.8, 4) is 0 Å². The molecule has 6 nitrogen and oxygen atoms in total. The van der Waals surface area contributed by atoms with Crippen LogP contribution in [0.25, 0.3) is 0 Å². The number of amides is 1. The number of carbonyl (C=O) groups excluding carboxylic acids is 2. The topological polar surface area (TPSA) is 65.1 Å². The first kappa shape index (κ1) is 25.1. The number of piperidine rings is 1. The molecule has 1 amide bonds. The third-order valence-corrected chi connectivity index (χ3v) is 5.43. The summed E-state index contributed by atoms with van der Waals surface area (Å²) in [6.45, 7) is 4.01. The van der Waals surface area contributed by atoms with Gasteiger partial charge in [0, 0.05) is 33.4 Å². The molecule has 1 aromatic carbocycles. The average molecular weight is 445 g/mol. The van der Waals surface area contributed by atoms with Crippen molar-refractivity contribution >= 4 is 11.9 Å². The van der Waals surface area contributed by atoms with E-state index in [1.54, 1.807) is 12.0 Å². The Kier molecular flexibility index (Phi) is 9.31. The van der Waals surface area contributed by atoms with Crippen molar-refractivity contribution in [1.29, 1.82) is 0 Å². The second-order valence-electron chi connectivity index (χ2n) is 7.68. The lowest BCUT2D eigenvalue weighted by Crippen LogP contribution is -2.39. The summed E-state index contributed by atoms with van der Waals surface area (Å²) in [5, 5.41) is 0. The number of alkyl halides is 3. The van der Waals surface area contributed by atoms with Crippen molar-refractivity contribution in [2.24, 2.45) is 0 Å². The maximum atomic E-state index is 13.2. The van der Waals surface area contributed by atoms with E-state index >= 15 is 0 Å². The smallest absolute Gasteiger partial charge is 0.417 e. The number of carbonyl (C=O) groups is 2. The van der Waals surface area contributed by atoms with Crippen molar-refractivity contribution < 1.29 is 37.0 Å². The highest BCUT2D eigenvalue weighted by molar-refractivity contribution is 5.91. The van der Waals surface area contributed by atoms with Crippen LogP contribution in [0.2, 0.25) is 0 Å². The van der Waals surface area contributed by atoms with Gasteiger partial charge in [0.15, 0.2) is 0 Å². The number of benzene rings is 1. The summed E-state index contributed by atoms with van der Waals surface area (Å²) in [4.78, 5) is 26.2. The molecular formula is C22H30F3NO5. The van der Waals surface area contributed by atoms with E-state index in [9.17, 15) is 22.8 Å². The molecule has 0 N–H and O–H groups in total. The van der Waals surface area contributed by atoms with Crippen LogP contribution in [0.15, 0.2) is 18.2 Å². The standard InChI is InChI=1S/C22H30F3NO5/c1-15(31-12-4-11-29-2)13-20(27)26-9-7-16(8-10-26)17-5-6-19(22(23,24)25)18(14-17)21(28)30-3/h5-6,14-16H,4,7-13H2,1-3H3. The number of hydrogen-bond donors (Lipinski definition) is 0. The first-order valence-electron chi connectivity index (χ1n) is 10.3. The molecule has 1 atom stereocenters. The lowest BCUT2D eigenvalue weighted by atomic mass is 9.87. The van der Waals surface area contributed by atoms with Gasteiger partial charge in [-0.3, -0.25) is 4.79 Å². The van der Waals surface area contributed by atoms with Gasteiger partial charge in [-0.1, -0.05) is 6.07 Å². The molecule has 1 heterocycles. The molecule has 9 heteroatoms. The maximum Gasteiger partial charge on any atom is 0.417 e. The highest BCUT2D eigenvalue weighted by Gasteiger charge is 2.36. The van der Waals surface area contributed by atoms with Crippen molar-refractivity contribution in [2.45, 2.75) is 50.8 Å². The van der Waals surface area contributed by atoms with E-state index in [0.29, 0.717) is 44.7 Å². The average Bonchev–Trinajstić information content (AvgIpc) is 2.75. The molecule has 0 spiro atoms. The molecule has 174 valence electrons. The summed E-state index contributed by atoms with van der Waals surface area (Å²) in [5.41, 5.74) is -0.837. The van der Waals surface area contributed by atoms with E-state index in [1.807, 2.05) is 6.92 Å². The Bertz CT molecular complexity index is 745. The largest absolute Gasteiger partial charge is 0.465 e. The number of esters is 1. The van der Waals surface area contributed by atoms with E-state index in [2.05, 4.69) is 4.74 Å². The fourth-order valence-electron chi connectivity index (χ4n) is 3.73. The molecule has 0 bridgehead atoms. The molecule has 1 fully saturated rings. The molecule has 2 rings (SSSR count). The van der Waals surface area contributed by atoms with Gasteiger partial charge < -0.3 is 19.1 Å². The second kappa shape index (κ2) is 11.5. The highest BCUT2D eigenvalue weighted by Crippen LogP contribution is 2.36. The van der Waals surface area contributed by atoms with Crippen LogP contribution in [-0.4, -0.2) is 63.4 Å². The monoisotopic (exact) mass is 445 g/mol. The molecule has 1 aliphatic heterocycles. The molecule has 1 saturated heterocycles. The van der Waals surface area contributed by atoms with Crippen molar-refractivity contribution in [3.63, 3.8) is 0 Å². The summed E-state index contributed by atoms with van der Waals surface area (Å²) in [7, 11) is 2.68. The molecule has 0 aliphatic carbocycles. The van der Waals surface area contributed by atoms with Gasteiger partial charge in [0.2, 0.25) is 5.91 Å². The Morgan fingerprint density at radius 1 is 1.16 bits per heavy atom. The molecule has 0 radical (unpaired) electrons. The third kappa shape index (κ3) is 7.21. The van der Waals surface area contributed by atoms with Gasteiger partial charge in [0.25, 0.3) is 0 Å². The quantitative estimate of drug-likeness (QED) is 0.424. The predicted molar refractivity (Wildman–Crippen MR) is 108 cm³/mol. The summed E-state index contributed by atoms with van der Waals surface area (Å²) in [6, 6.07) is 3.61. The number of hydrogen-bond acceptors (Lipinski definition) is 5. The summed E-state index contributed by atoms with van der Waals surface area (Å²) < 4.78 is 54.7. The number of likely N-dealkylation sites (tertiary alicyclic amines) is 1. The molecule has 1 aromatic rings. The summed E-state index contributed by atoms with van der Waals surface area (Å²) >= 11 is 0. The first-order valence-corrected chi connectivity index (χ1v) is 10.3. The Balaban J connectivity index is 1.95. The Morgan fingerprint density at radius 3 is 2.42 bits per heavy atom. The molecule has 0 aromatic heterocycles. The number of halogens is 3. The van der Waals surface area contributed by atoms with E-state index in [0.717, 1.165) is 19.6 Å². The van der Waals surface area contributed by atoms with Crippen LogP contribution in [0.5, 0.6) is 0 Å². The van der Waals surface area contributed by atoms with Gasteiger partial charge in [-0.2, -0.15) is 13.2 Å². The minimum atomic E-state index is -4.64. The minimum Gasteiger partial charge on any atom is -0.465 e. The molecular weight excluding hydrogens is 415 g/mol. The Morgan fingerprint density at radius 2 is 1.84 bits per heavy atom. The van der Waals surface area contributed by atoms with Crippen molar-refractivity contribution in [2.75, 3.05) is 40.5 Å². The zero-order valence-corrected chi connectivity index (χ0v) is 18.2. The fraction of sp³-hybridized carbons (Fsp3) is 0.636. The first-order chi connectivity index (χ1) is 14.7. The Labute approximate surface area is 180 Å². The van der Waals surface area contributed by atoms with Gasteiger partial charge in [-0.05, 0) is 49.8 Å². The maximum absolute atomic E-state index is 13.2. The fourth-order valence-corrected chi connectivity index (χ4v) is 3.73. The van der Waals surface area contributed by atoms with Crippen LogP contribution in [-0.2, 0) is 25.2 Å². The van der Waals surface area contributed by atoms with Crippen LogP contribution >= 0.6 is 0 Å². The normalized spacial score (nSPS) is 16.3. The second-order valence-corrected chi connectivity index (χ2v) is 7.68. The molecule has 1 aliphatic rings. The van der Waals surface area contributed by atoms with Gasteiger partial charge in [-0.25, -0.2) is 4.79 Å². The molecule has 1 unspecified atom stereocenters.